The van der Waals surface area contributed by atoms with Gasteiger partial charge in [-0.15, -0.1) is 0 Å². The fourth-order valence-corrected chi connectivity index (χ4v) is 15.5. The molecule has 6 aromatic heterocycles. The maximum atomic E-state index is 12.8. The number of carbonyl (C=O) groups excluding carboxylic acids is 3. The summed E-state index contributed by atoms with van der Waals surface area (Å²) in [5.41, 5.74) is 19.9. The summed E-state index contributed by atoms with van der Waals surface area (Å²) in [5.74, 6) is -0.0764. The highest BCUT2D eigenvalue weighted by atomic mass is 32.2. The number of rotatable bonds is 15. The Morgan fingerprint density at radius 2 is 0.784 bits per heavy atom. The van der Waals surface area contributed by atoms with Gasteiger partial charge in [0.15, 0.2) is 16.9 Å². The Morgan fingerprint density at radius 1 is 0.422 bits per heavy atom. The largest absolute Gasteiger partial charge is 0.369 e. The summed E-state index contributed by atoms with van der Waals surface area (Å²) in [6.45, 7) is 10.5. The Morgan fingerprint density at radius 3 is 1.16 bits per heavy atom. The average Bonchev–Trinajstić information content (AvgIpc) is 1.68. The van der Waals surface area contributed by atoms with Gasteiger partial charge in [0.25, 0.3) is 17.7 Å². The number of imidazole rings is 3. The van der Waals surface area contributed by atoms with Crippen molar-refractivity contribution < 1.29 is 31.2 Å². The molecule has 0 bridgehead atoms. The third-order valence-corrected chi connectivity index (χ3v) is 22.5. The summed E-state index contributed by atoms with van der Waals surface area (Å²) in [7, 11) is -4.03. The summed E-state index contributed by atoms with van der Waals surface area (Å²) < 4.78 is 57.5. The monoisotopic (exact) mass is 1390 g/mol. The Kier molecular flexibility index (Phi) is 17.6. The molecule has 13 aromatic rings. The number of nitrogens with one attached hydrogen (secondary N) is 6. The zero-order valence-electron chi connectivity index (χ0n) is 56.2. The second kappa shape index (κ2) is 27.3. The van der Waals surface area contributed by atoms with Crippen LogP contribution in [0.1, 0.15) is 61.6 Å². The zero-order valence-corrected chi connectivity index (χ0v) is 57.8. The topological polar surface area (TPSA) is 253 Å². The van der Waals surface area contributed by atoms with Crippen molar-refractivity contribution in [1.29, 1.82) is 0 Å². The second-order valence-corrected chi connectivity index (χ2v) is 29.7. The number of nitrogens with zero attached hydrogens (tertiary/aromatic N) is 9. The molecule has 4 aliphatic rings. The fourth-order valence-electron chi connectivity index (χ4n) is 13.3. The lowest BCUT2D eigenvalue weighted by Gasteiger charge is -2.38. The van der Waals surface area contributed by atoms with Crippen LogP contribution in [0.25, 0.3) is 50.7 Å². The van der Waals surface area contributed by atoms with Crippen LogP contribution in [0.3, 0.4) is 0 Å². The normalized spacial score (nSPS) is 14.2. The van der Waals surface area contributed by atoms with Crippen LogP contribution < -0.4 is 36.8 Å². The standard InChI is InChI=1S/C28H30N6O.C27H20N4O3S.C23H21N5O3S/c1-19(2)32-13-15-33(16-14-32)23-6-4-22(5-7-23)31-25-9-10-26(34-12-11-29-27(25)34)20-3-8-24-21(17-20)18-30-28(24)35;32-27-23-11-6-18(16-19(23)17-29-27)25-13-12-24(26-28-14-15-31(25)26)30-20-7-9-22(10-8-20)35(33,34)21-4-2-1-3-5-21;1-27(2)32(30,31)18-6-4-17(5-7-18)26-20-9-10-21(28-12-11-24-22(20)28)15-3-8-19-16(13-15)14-25-23(19)29/h3-12,17,19,31H,13-16,18H2,1-2H3,(H,30,35);1-16,30H,17H2,(H,29,32);3-13,26H,14H2,1-2H3,(H,25,29). The van der Waals surface area contributed by atoms with E-state index in [0.29, 0.717) is 36.8 Å². The van der Waals surface area contributed by atoms with Crippen molar-refractivity contribution in [3.63, 3.8) is 0 Å². The van der Waals surface area contributed by atoms with Crippen LogP contribution in [0.2, 0.25) is 0 Å². The molecule has 22 nitrogen and oxygen atoms in total. The first-order valence-corrected chi connectivity index (χ1v) is 36.3. The quantitative estimate of drug-likeness (QED) is 0.0558. The molecule has 7 aromatic carbocycles. The summed E-state index contributed by atoms with van der Waals surface area (Å²) in [6.07, 6.45) is 11.0. The number of piperazine rings is 1. The second-order valence-electron chi connectivity index (χ2n) is 25.6. The van der Waals surface area contributed by atoms with Gasteiger partial charge in [0.2, 0.25) is 19.9 Å². The number of carbonyl (C=O) groups is 3. The molecule has 1 fully saturated rings. The molecule has 512 valence electrons. The maximum absolute atomic E-state index is 12.8. The van der Waals surface area contributed by atoms with Gasteiger partial charge in [-0.2, -0.15) is 0 Å². The minimum atomic E-state index is -3.57. The van der Waals surface area contributed by atoms with Crippen molar-refractivity contribution in [1.82, 2.24) is 53.3 Å². The van der Waals surface area contributed by atoms with Crippen LogP contribution in [-0.4, -0.2) is 118 Å². The minimum absolute atomic E-state index is 0.00251. The SMILES string of the molecule is CC(C)N1CCN(c2ccc(Nc3ccc(-c4ccc5c(c4)CNC5=O)n4ccnc34)cc2)CC1.CN(C)S(=O)(=O)c1ccc(Nc2ccc(-c3ccc4c(c3)CNC4=O)n3ccnc23)cc1.O=C1NCc2cc(-c3ccc(Nc4ccc(S(=O)(=O)c5ccccc5)cc4)c4nccn34)ccc21. The fraction of sp³-hybridized carbons (Fsp3) is 0.154. The number of hydrogen-bond donors (Lipinski definition) is 6. The van der Waals surface area contributed by atoms with E-state index in [9.17, 15) is 31.2 Å². The first kappa shape index (κ1) is 65.9. The number of amides is 3. The van der Waals surface area contributed by atoms with Crippen LogP contribution in [-0.2, 0) is 39.5 Å². The van der Waals surface area contributed by atoms with E-state index >= 15 is 0 Å². The molecule has 0 saturated carbocycles. The van der Waals surface area contributed by atoms with Crippen molar-refractivity contribution in [3.05, 3.63) is 265 Å². The number of benzene rings is 7. The van der Waals surface area contributed by atoms with E-state index in [0.717, 1.165) is 133 Å². The molecule has 0 aliphatic carbocycles. The van der Waals surface area contributed by atoms with Gasteiger partial charge in [-0.3, -0.25) is 32.5 Å². The van der Waals surface area contributed by atoms with Crippen molar-refractivity contribution >= 4 is 94.3 Å². The summed E-state index contributed by atoms with van der Waals surface area (Å²) in [6, 6.07) is 60.7. The third-order valence-electron chi connectivity index (χ3n) is 18.9. The first-order chi connectivity index (χ1) is 49.4. The Bertz CT molecular complexity index is 5640. The number of hydrogen-bond acceptors (Lipinski definition) is 15. The van der Waals surface area contributed by atoms with Gasteiger partial charge in [-0.1, -0.05) is 36.4 Å². The van der Waals surface area contributed by atoms with Crippen molar-refractivity contribution in [2.45, 2.75) is 54.2 Å². The molecule has 17 rings (SSSR count). The number of anilines is 7. The number of aromatic nitrogens is 6. The molecule has 24 heteroatoms. The van der Waals surface area contributed by atoms with Crippen molar-refractivity contribution in [2.75, 3.05) is 61.1 Å². The van der Waals surface area contributed by atoms with Gasteiger partial charge < -0.3 is 36.8 Å². The Balaban J connectivity index is 0.000000124. The van der Waals surface area contributed by atoms with Crippen LogP contribution in [0.15, 0.2) is 246 Å². The molecule has 0 spiro atoms. The van der Waals surface area contributed by atoms with Crippen LogP contribution in [0.4, 0.5) is 39.8 Å². The lowest BCUT2D eigenvalue weighted by atomic mass is 10.0. The lowest BCUT2D eigenvalue weighted by molar-refractivity contribution is 0.0957. The Hall–Kier alpha value is -12.0. The van der Waals surface area contributed by atoms with E-state index in [1.165, 1.54) is 24.1 Å². The average molecular weight is 1390 g/mol. The van der Waals surface area contributed by atoms with Crippen molar-refractivity contribution in [2.24, 2.45) is 0 Å². The zero-order chi connectivity index (χ0) is 70.4. The highest BCUT2D eigenvalue weighted by Gasteiger charge is 2.26. The highest BCUT2D eigenvalue weighted by Crippen LogP contribution is 2.35. The van der Waals surface area contributed by atoms with E-state index in [2.05, 4.69) is 117 Å². The predicted molar refractivity (Wildman–Crippen MR) is 396 cm³/mol. The lowest BCUT2D eigenvalue weighted by Crippen LogP contribution is -2.48. The smallest absolute Gasteiger partial charge is 0.251 e. The van der Waals surface area contributed by atoms with E-state index in [-0.39, 0.29) is 32.4 Å². The molecule has 4 aliphatic heterocycles. The molecule has 102 heavy (non-hydrogen) atoms. The molecule has 0 radical (unpaired) electrons. The van der Waals surface area contributed by atoms with Gasteiger partial charge in [0.05, 0.1) is 48.8 Å². The molecule has 6 N–H and O–H groups in total. The first-order valence-electron chi connectivity index (χ1n) is 33.4. The summed E-state index contributed by atoms with van der Waals surface area (Å²) in [5, 5.41) is 18.8. The minimum Gasteiger partial charge on any atom is -0.369 e. The molecular formula is C78H71N15O7S2. The van der Waals surface area contributed by atoms with E-state index in [1.807, 2.05) is 106 Å². The number of sulfone groups is 1. The third kappa shape index (κ3) is 12.9. The van der Waals surface area contributed by atoms with Gasteiger partial charge in [0.1, 0.15) is 0 Å². The van der Waals surface area contributed by atoms with Crippen LogP contribution in [0, 0.1) is 0 Å². The maximum Gasteiger partial charge on any atom is 0.251 e. The van der Waals surface area contributed by atoms with Gasteiger partial charge in [-0.25, -0.2) is 36.1 Å². The molecule has 0 atom stereocenters. The molecular weight excluding hydrogens is 1320 g/mol. The highest BCUT2D eigenvalue weighted by molar-refractivity contribution is 7.91. The van der Waals surface area contributed by atoms with E-state index in [4.69, 9.17) is 0 Å². The van der Waals surface area contributed by atoms with E-state index < -0.39 is 19.9 Å². The van der Waals surface area contributed by atoms with Gasteiger partial charge in [-0.05, 0) is 205 Å². The predicted octanol–water partition coefficient (Wildman–Crippen LogP) is 12.6. The summed E-state index contributed by atoms with van der Waals surface area (Å²) >= 11 is 0. The molecule has 3 amide bonds. The van der Waals surface area contributed by atoms with Crippen LogP contribution >= 0.6 is 0 Å². The number of sulfonamides is 1. The van der Waals surface area contributed by atoms with E-state index in [1.54, 1.807) is 91.3 Å². The summed E-state index contributed by atoms with van der Waals surface area (Å²) in [4.78, 5) is 55.0. The molecule has 0 unspecified atom stereocenters. The number of pyridine rings is 3. The molecule has 1 saturated heterocycles. The number of fused-ring (bicyclic) bond motifs is 6. The molecule has 10 heterocycles. The van der Waals surface area contributed by atoms with Crippen molar-refractivity contribution in [3.8, 4) is 33.8 Å². The Labute approximate surface area is 589 Å². The van der Waals surface area contributed by atoms with Gasteiger partial charge in [0, 0.05) is 143 Å². The van der Waals surface area contributed by atoms with Crippen LogP contribution in [0.5, 0.6) is 0 Å². The van der Waals surface area contributed by atoms with Gasteiger partial charge >= 0.3 is 0 Å².